The minimum absolute atomic E-state index is 0.0832. The van der Waals surface area contributed by atoms with Crippen LogP contribution in [0.4, 0.5) is 13.2 Å². The molecule has 6 heteroatoms. The van der Waals surface area contributed by atoms with Crippen molar-refractivity contribution in [2.45, 2.75) is 12.3 Å². The standard InChI is InChI=1S/C11H8F3NO2/c12-11(13,14)9-7(10(15)16)5-6-3-1-2-4-8(6)17-9/h1-5,9H,(H2,15,16). The van der Waals surface area contributed by atoms with Crippen molar-refractivity contribution in [2.75, 3.05) is 0 Å². The second-order valence-corrected chi connectivity index (χ2v) is 3.54. The van der Waals surface area contributed by atoms with E-state index in [-0.39, 0.29) is 5.75 Å². The topological polar surface area (TPSA) is 52.3 Å². The zero-order valence-corrected chi connectivity index (χ0v) is 8.49. The van der Waals surface area contributed by atoms with Gasteiger partial charge in [-0.05, 0) is 12.1 Å². The first-order valence-electron chi connectivity index (χ1n) is 4.73. The van der Waals surface area contributed by atoms with Crippen LogP contribution in [0.5, 0.6) is 5.75 Å². The molecule has 1 aliphatic heterocycles. The monoisotopic (exact) mass is 243 g/mol. The Morgan fingerprint density at radius 3 is 2.53 bits per heavy atom. The number of ether oxygens (including phenoxy) is 1. The largest absolute Gasteiger partial charge is 0.475 e. The molecule has 0 bridgehead atoms. The third-order valence-corrected chi connectivity index (χ3v) is 2.34. The molecule has 0 saturated heterocycles. The van der Waals surface area contributed by atoms with Crippen molar-refractivity contribution >= 4 is 12.0 Å². The van der Waals surface area contributed by atoms with Gasteiger partial charge in [0.15, 0.2) is 0 Å². The number of carbonyl (C=O) groups excluding carboxylic acids is 1. The number of amides is 1. The molecule has 1 aromatic rings. The van der Waals surface area contributed by atoms with E-state index in [9.17, 15) is 18.0 Å². The molecule has 1 atom stereocenters. The van der Waals surface area contributed by atoms with Gasteiger partial charge in [0.25, 0.3) is 0 Å². The van der Waals surface area contributed by atoms with E-state index in [4.69, 9.17) is 10.5 Å². The summed E-state index contributed by atoms with van der Waals surface area (Å²) in [5.41, 5.74) is 4.74. The summed E-state index contributed by atoms with van der Waals surface area (Å²) >= 11 is 0. The molecular formula is C11H8F3NO2. The maximum Gasteiger partial charge on any atom is 0.429 e. The van der Waals surface area contributed by atoms with E-state index in [0.29, 0.717) is 5.56 Å². The van der Waals surface area contributed by atoms with Crippen LogP contribution in [-0.2, 0) is 4.79 Å². The van der Waals surface area contributed by atoms with Gasteiger partial charge in [-0.2, -0.15) is 13.2 Å². The average molecular weight is 243 g/mol. The zero-order valence-electron chi connectivity index (χ0n) is 8.49. The fraction of sp³-hybridized carbons (Fsp3) is 0.182. The highest BCUT2D eigenvalue weighted by molar-refractivity contribution is 5.99. The maximum atomic E-state index is 12.7. The summed E-state index contributed by atoms with van der Waals surface area (Å²) in [6, 6.07) is 6.13. The average Bonchev–Trinajstić information content (AvgIpc) is 2.26. The van der Waals surface area contributed by atoms with Gasteiger partial charge in [0.2, 0.25) is 12.0 Å². The number of fused-ring (bicyclic) bond motifs is 1. The molecule has 2 N–H and O–H groups in total. The number of benzene rings is 1. The Balaban J connectivity index is 2.51. The Morgan fingerprint density at radius 1 is 1.29 bits per heavy atom. The summed E-state index contributed by atoms with van der Waals surface area (Å²) in [7, 11) is 0. The summed E-state index contributed by atoms with van der Waals surface area (Å²) in [5, 5.41) is 0. The van der Waals surface area contributed by atoms with Gasteiger partial charge in [0.1, 0.15) is 5.75 Å². The second kappa shape index (κ2) is 3.80. The molecule has 1 aromatic carbocycles. The lowest BCUT2D eigenvalue weighted by Crippen LogP contribution is -2.42. The predicted molar refractivity (Wildman–Crippen MR) is 54.1 cm³/mol. The molecule has 90 valence electrons. The summed E-state index contributed by atoms with van der Waals surface area (Å²) < 4.78 is 42.8. The molecule has 1 heterocycles. The van der Waals surface area contributed by atoms with E-state index in [1.165, 1.54) is 6.07 Å². The summed E-state index contributed by atoms with van der Waals surface area (Å²) in [6.45, 7) is 0. The minimum Gasteiger partial charge on any atom is -0.475 e. The Labute approximate surface area is 94.7 Å². The fourth-order valence-electron chi connectivity index (χ4n) is 1.58. The van der Waals surface area contributed by atoms with Gasteiger partial charge >= 0.3 is 6.18 Å². The van der Waals surface area contributed by atoms with Crippen LogP contribution >= 0.6 is 0 Å². The number of rotatable bonds is 1. The van der Waals surface area contributed by atoms with Gasteiger partial charge in [0.05, 0.1) is 5.57 Å². The number of alkyl halides is 3. The number of carbonyl (C=O) groups is 1. The van der Waals surface area contributed by atoms with E-state index in [0.717, 1.165) is 6.08 Å². The van der Waals surface area contributed by atoms with Crippen molar-refractivity contribution in [1.29, 1.82) is 0 Å². The second-order valence-electron chi connectivity index (χ2n) is 3.54. The zero-order chi connectivity index (χ0) is 12.6. The number of para-hydroxylation sites is 1. The van der Waals surface area contributed by atoms with Gasteiger partial charge < -0.3 is 10.5 Å². The van der Waals surface area contributed by atoms with Crippen LogP contribution in [0.2, 0.25) is 0 Å². The molecule has 0 aromatic heterocycles. The van der Waals surface area contributed by atoms with Crippen LogP contribution < -0.4 is 10.5 Å². The van der Waals surface area contributed by atoms with Gasteiger partial charge in [-0.25, -0.2) is 0 Å². The van der Waals surface area contributed by atoms with E-state index < -0.39 is 23.8 Å². The molecule has 1 unspecified atom stereocenters. The van der Waals surface area contributed by atoms with E-state index in [1.807, 2.05) is 0 Å². The highest BCUT2D eigenvalue weighted by Gasteiger charge is 2.47. The summed E-state index contributed by atoms with van der Waals surface area (Å²) in [5.74, 6) is -1.05. The molecule has 0 spiro atoms. The molecule has 0 aliphatic carbocycles. The third kappa shape index (κ3) is 2.11. The van der Waals surface area contributed by atoms with Gasteiger partial charge in [-0.15, -0.1) is 0 Å². The molecule has 17 heavy (non-hydrogen) atoms. The maximum absolute atomic E-state index is 12.7. The third-order valence-electron chi connectivity index (χ3n) is 2.34. The summed E-state index contributed by atoms with van der Waals surface area (Å²) in [4.78, 5) is 11.0. The highest BCUT2D eigenvalue weighted by Crippen LogP contribution is 2.36. The molecule has 1 aliphatic rings. The van der Waals surface area contributed by atoms with Gasteiger partial charge in [0, 0.05) is 5.56 Å². The molecular weight excluding hydrogens is 235 g/mol. The number of primary amides is 1. The van der Waals surface area contributed by atoms with Crippen molar-refractivity contribution in [2.24, 2.45) is 5.73 Å². The first-order valence-corrected chi connectivity index (χ1v) is 4.73. The lowest BCUT2D eigenvalue weighted by atomic mass is 10.0. The number of hydrogen-bond acceptors (Lipinski definition) is 2. The summed E-state index contributed by atoms with van der Waals surface area (Å²) in [6.07, 6.45) is -5.86. The van der Waals surface area contributed by atoms with E-state index >= 15 is 0 Å². The quantitative estimate of drug-likeness (QED) is 0.818. The minimum atomic E-state index is -4.67. The number of nitrogens with two attached hydrogens (primary N) is 1. The smallest absolute Gasteiger partial charge is 0.429 e. The lowest BCUT2D eigenvalue weighted by Gasteiger charge is -2.27. The van der Waals surface area contributed by atoms with Crippen molar-refractivity contribution in [3.8, 4) is 5.75 Å². The predicted octanol–water partition coefficient (Wildman–Crippen LogP) is 1.88. The van der Waals surface area contributed by atoms with Crippen LogP contribution in [0.15, 0.2) is 29.8 Å². The molecule has 2 rings (SSSR count). The van der Waals surface area contributed by atoms with Crippen LogP contribution in [-0.4, -0.2) is 18.2 Å². The first kappa shape index (κ1) is 11.5. The van der Waals surface area contributed by atoms with Gasteiger partial charge in [-0.3, -0.25) is 4.79 Å². The van der Waals surface area contributed by atoms with E-state index in [2.05, 4.69) is 0 Å². The van der Waals surface area contributed by atoms with Crippen LogP contribution in [0.25, 0.3) is 6.08 Å². The SMILES string of the molecule is NC(=O)C1=Cc2ccccc2OC1C(F)(F)F. The van der Waals surface area contributed by atoms with Crippen molar-refractivity contribution < 1.29 is 22.7 Å². The van der Waals surface area contributed by atoms with Crippen LogP contribution in [0, 0.1) is 0 Å². The molecule has 0 fully saturated rings. The van der Waals surface area contributed by atoms with Crippen molar-refractivity contribution in [3.05, 3.63) is 35.4 Å². The Hall–Kier alpha value is -1.98. The van der Waals surface area contributed by atoms with Crippen molar-refractivity contribution in [1.82, 2.24) is 0 Å². The fourth-order valence-corrected chi connectivity index (χ4v) is 1.58. The number of hydrogen-bond donors (Lipinski definition) is 1. The normalized spacial score (nSPS) is 19.0. The van der Waals surface area contributed by atoms with Crippen LogP contribution in [0.3, 0.4) is 0 Å². The Kier molecular flexibility index (Phi) is 2.57. The molecule has 0 saturated carbocycles. The Morgan fingerprint density at radius 2 is 1.94 bits per heavy atom. The van der Waals surface area contributed by atoms with E-state index in [1.54, 1.807) is 18.2 Å². The molecule has 1 amide bonds. The van der Waals surface area contributed by atoms with Gasteiger partial charge in [-0.1, -0.05) is 18.2 Å². The lowest BCUT2D eigenvalue weighted by molar-refractivity contribution is -0.185. The molecule has 0 radical (unpaired) electrons. The number of halogens is 3. The highest BCUT2D eigenvalue weighted by atomic mass is 19.4. The molecule has 3 nitrogen and oxygen atoms in total. The van der Waals surface area contributed by atoms with Crippen molar-refractivity contribution in [3.63, 3.8) is 0 Å². The first-order chi connectivity index (χ1) is 7.89. The van der Waals surface area contributed by atoms with Crippen LogP contribution in [0.1, 0.15) is 5.56 Å². The Bertz CT molecular complexity index is 494.